The van der Waals surface area contributed by atoms with Gasteiger partial charge in [-0.3, -0.25) is 4.79 Å². The highest BCUT2D eigenvalue weighted by Crippen LogP contribution is 2.25. The van der Waals surface area contributed by atoms with Crippen LogP contribution in [0.15, 0.2) is 30.5 Å². The lowest BCUT2D eigenvalue weighted by molar-refractivity contribution is 0.102. The molecule has 0 spiro atoms. The van der Waals surface area contributed by atoms with Crippen molar-refractivity contribution in [3.63, 3.8) is 0 Å². The molecule has 24 heavy (non-hydrogen) atoms. The second-order valence-electron chi connectivity index (χ2n) is 5.73. The maximum atomic E-state index is 12.4. The molecule has 1 fully saturated rings. The van der Waals surface area contributed by atoms with Crippen LogP contribution >= 0.6 is 23.2 Å². The average Bonchev–Trinajstić information content (AvgIpc) is 2.88. The number of carbonyl (C=O) groups excluding carboxylic acids is 1. The first-order valence-corrected chi connectivity index (χ1v) is 8.73. The standard InChI is InChI=1S/C17H18Cl2N4O/c18-13-6-5-12(11-14(13)19)21-16(24)15-7-8-20-17(22-15)23-9-3-1-2-4-10-23/h5-8,11H,1-4,9-10H2,(H,21,24). The molecule has 7 heteroatoms. The summed E-state index contributed by atoms with van der Waals surface area (Å²) in [5.41, 5.74) is 0.902. The summed E-state index contributed by atoms with van der Waals surface area (Å²) in [7, 11) is 0. The molecule has 1 aromatic heterocycles. The van der Waals surface area contributed by atoms with Crippen LogP contribution in [0.3, 0.4) is 0 Å². The lowest BCUT2D eigenvalue weighted by Crippen LogP contribution is -2.27. The highest BCUT2D eigenvalue weighted by atomic mass is 35.5. The Morgan fingerprint density at radius 2 is 1.79 bits per heavy atom. The van der Waals surface area contributed by atoms with Crippen molar-refractivity contribution < 1.29 is 4.79 Å². The zero-order valence-corrected chi connectivity index (χ0v) is 14.6. The number of hydrogen-bond donors (Lipinski definition) is 1. The van der Waals surface area contributed by atoms with Gasteiger partial charge in [0.1, 0.15) is 5.69 Å². The summed E-state index contributed by atoms with van der Waals surface area (Å²) >= 11 is 11.9. The minimum atomic E-state index is -0.299. The first-order valence-electron chi connectivity index (χ1n) is 7.98. The van der Waals surface area contributed by atoms with Crippen LogP contribution in [0.5, 0.6) is 0 Å². The molecule has 0 aliphatic carbocycles. The van der Waals surface area contributed by atoms with Gasteiger partial charge in [-0.15, -0.1) is 0 Å². The lowest BCUT2D eigenvalue weighted by atomic mass is 10.2. The molecule has 1 amide bonds. The molecular formula is C17H18Cl2N4O. The Bertz CT molecular complexity index is 730. The Morgan fingerprint density at radius 3 is 2.50 bits per heavy atom. The highest BCUT2D eigenvalue weighted by Gasteiger charge is 2.15. The van der Waals surface area contributed by atoms with Crippen LogP contribution in [0.25, 0.3) is 0 Å². The minimum absolute atomic E-state index is 0.299. The third kappa shape index (κ3) is 4.16. The van der Waals surface area contributed by atoms with Gasteiger partial charge in [-0.05, 0) is 37.1 Å². The van der Waals surface area contributed by atoms with Crippen LogP contribution in [0.1, 0.15) is 36.2 Å². The number of nitrogens with one attached hydrogen (secondary N) is 1. The zero-order valence-electron chi connectivity index (χ0n) is 13.1. The second-order valence-corrected chi connectivity index (χ2v) is 6.54. The SMILES string of the molecule is O=C(Nc1ccc(Cl)c(Cl)c1)c1ccnc(N2CCCCCC2)n1. The average molecular weight is 365 g/mol. The van der Waals surface area contributed by atoms with E-state index >= 15 is 0 Å². The Labute approximate surface area is 151 Å². The molecule has 1 saturated heterocycles. The van der Waals surface area contributed by atoms with Gasteiger partial charge >= 0.3 is 0 Å². The third-order valence-electron chi connectivity index (χ3n) is 3.94. The van der Waals surface area contributed by atoms with E-state index in [9.17, 15) is 4.79 Å². The van der Waals surface area contributed by atoms with Gasteiger partial charge < -0.3 is 10.2 Å². The Balaban J connectivity index is 1.74. The molecule has 0 bridgehead atoms. The van der Waals surface area contributed by atoms with Gasteiger partial charge in [-0.2, -0.15) is 0 Å². The predicted molar refractivity (Wildman–Crippen MR) is 97.1 cm³/mol. The maximum Gasteiger partial charge on any atom is 0.274 e. The fourth-order valence-electron chi connectivity index (χ4n) is 2.67. The van der Waals surface area contributed by atoms with Gasteiger partial charge in [0.2, 0.25) is 5.95 Å². The highest BCUT2D eigenvalue weighted by molar-refractivity contribution is 6.42. The molecule has 1 N–H and O–H groups in total. The van der Waals surface area contributed by atoms with Crippen molar-refractivity contribution in [2.45, 2.75) is 25.7 Å². The Kier molecular flexibility index (Phi) is 5.53. The molecule has 1 aromatic carbocycles. The van der Waals surface area contributed by atoms with E-state index in [0.29, 0.717) is 27.4 Å². The molecule has 126 valence electrons. The number of aromatic nitrogens is 2. The van der Waals surface area contributed by atoms with Crippen molar-refractivity contribution in [3.8, 4) is 0 Å². The number of nitrogens with zero attached hydrogens (tertiary/aromatic N) is 3. The summed E-state index contributed by atoms with van der Waals surface area (Å²) in [5, 5.41) is 3.61. The van der Waals surface area contributed by atoms with Crippen molar-refractivity contribution in [1.29, 1.82) is 0 Å². The molecule has 1 aliphatic heterocycles. The first-order chi connectivity index (χ1) is 11.6. The molecule has 0 saturated carbocycles. The van der Waals surface area contributed by atoms with E-state index in [0.717, 1.165) is 25.9 Å². The predicted octanol–water partition coefficient (Wildman–Crippen LogP) is 4.42. The van der Waals surface area contributed by atoms with E-state index in [1.54, 1.807) is 30.5 Å². The Morgan fingerprint density at radius 1 is 1.04 bits per heavy atom. The van der Waals surface area contributed by atoms with Crippen LogP contribution in [0.4, 0.5) is 11.6 Å². The molecule has 1 aliphatic rings. The topological polar surface area (TPSA) is 58.1 Å². The minimum Gasteiger partial charge on any atom is -0.341 e. The van der Waals surface area contributed by atoms with E-state index in [-0.39, 0.29) is 5.91 Å². The van der Waals surface area contributed by atoms with Crippen molar-refractivity contribution >= 4 is 40.7 Å². The van der Waals surface area contributed by atoms with Gasteiger partial charge in [-0.25, -0.2) is 9.97 Å². The van der Waals surface area contributed by atoms with Gasteiger partial charge in [0.15, 0.2) is 0 Å². The number of rotatable bonds is 3. The van der Waals surface area contributed by atoms with E-state index in [1.807, 2.05) is 0 Å². The summed E-state index contributed by atoms with van der Waals surface area (Å²) in [6.45, 7) is 1.86. The molecule has 2 aromatic rings. The van der Waals surface area contributed by atoms with E-state index < -0.39 is 0 Å². The normalized spacial score (nSPS) is 15.0. The fraction of sp³-hybridized carbons (Fsp3) is 0.353. The van der Waals surface area contributed by atoms with Gasteiger partial charge in [-0.1, -0.05) is 36.0 Å². The molecular weight excluding hydrogens is 347 g/mol. The first kappa shape index (κ1) is 17.0. The van der Waals surface area contributed by atoms with E-state index in [1.165, 1.54) is 12.8 Å². The lowest BCUT2D eigenvalue weighted by Gasteiger charge is -2.20. The van der Waals surface area contributed by atoms with Crippen molar-refractivity contribution in [3.05, 3.63) is 46.2 Å². The number of anilines is 2. The summed E-state index contributed by atoms with van der Waals surface area (Å²) in [6, 6.07) is 6.55. The smallest absolute Gasteiger partial charge is 0.274 e. The van der Waals surface area contributed by atoms with Crippen LogP contribution < -0.4 is 10.2 Å². The molecule has 0 unspecified atom stereocenters. The molecule has 3 rings (SSSR count). The van der Waals surface area contributed by atoms with Crippen LogP contribution in [0.2, 0.25) is 10.0 Å². The summed E-state index contributed by atoms with van der Waals surface area (Å²) in [5.74, 6) is 0.311. The van der Waals surface area contributed by atoms with E-state index in [2.05, 4.69) is 20.2 Å². The van der Waals surface area contributed by atoms with Crippen molar-refractivity contribution in [1.82, 2.24) is 9.97 Å². The fourth-order valence-corrected chi connectivity index (χ4v) is 2.97. The zero-order chi connectivity index (χ0) is 16.9. The van der Waals surface area contributed by atoms with Crippen molar-refractivity contribution in [2.75, 3.05) is 23.3 Å². The maximum absolute atomic E-state index is 12.4. The van der Waals surface area contributed by atoms with Crippen LogP contribution in [-0.2, 0) is 0 Å². The van der Waals surface area contributed by atoms with E-state index in [4.69, 9.17) is 23.2 Å². The molecule has 5 nitrogen and oxygen atoms in total. The number of benzene rings is 1. The Hall–Kier alpha value is -1.85. The second kappa shape index (κ2) is 7.81. The number of carbonyl (C=O) groups is 1. The summed E-state index contributed by atoms with van der Waals surface area (Å²) in [4.78, 5) is 23.3. The van der Waals surface area contributed by atoms with Gasteiger partial charge in [0.05, 0.1) is 10.0 Å². The number of amides is 1. The molecule has 0 radical (unpaired) electrons. The molecule has 0 atom stereocenters. The third-order valence-corrected chi connectivity index (χ3v) is 4.68. The summed E-state index contributed by atoms with van der Waals surface area (Å²) in [6.07, 6.45) is 6.34. The van der Waals surface area contributed by atoms with Gasteiger partial charge in [0, 0.05) is 25.0 Å². The quantitative estimate of drug-likeness (QED) is 0.875. The van der Waals surface area contributed by atoms with Crippen LogP contribution in [-0.4, -0.2) is 29.0 Å². The van der Waals surface area contributed by atoms with Crippen LogP contribution in [0, 0.1) is 0 Å². The van der Waals surface area contributed by atoms with Gasteiger partial charge in [0.25, 0.3) is 5.91 Å². The largest absolute Gasteiger partial charge is 0.341 e. The molecule has 2 heterocycles. The van der Waals surface area contributed by atoms with Crippen molar-refractivity contribution in [2.24, 2.45) is 0 Å². The number of halogens is 2. The summed E-state index contributed by atoms with van der Waals surface area (Å²) < 4.78 is 0. The number of hydrogen-bond acceptors (Lipinski definition) is 4. The monoisotopic (exact) mass is 364 g/mol.